The van der Waals surface area contributed by atoms with E-state index in [1.165, 1.54) is 48.5 Å². The zero-order chi connectivity index (χ0) is 39.8. The molecular formula is C46H22N4O6S. The van der Waals surface area contributed by atoms with E-state index < -0.39 is 21.8 Å². The van der Waals surface area contributed by atoms with Crippen molar-refractivity contribution in [2.75, 3.05) is 0 Å². The van der Waals surface area contributed by atoms with Gasteiger partial charge in [-0.15, -0.1) is 0 Å². The topological polar surface area (TPSA) is 182 Å². The van der Waals surface area contributed by atoms with Crippen LogP contribution in [0.1, 0.15) is 43.0 Å². The molecule has 8 rings (SSSR count). The summed E-state index contributed by atoms with van der Waals surface area (Å²) in [5, 5.41) is 38.5. The maximum absolute atomic E-state index is 13.6. The Morgan fingerprint density at radius 2 is 0.754 bits per heavy atom. The van der Waals surface area contributed by atoms with Gasteiger partial charge in [0, 0.05) is 22.3 Å². The van der Waals surface area contributed by atoms with Crippen molar-refractivity contribution in [3.63, 3.8) is 0 Å². The Balaban J connectivity index is 1.01. The molecule has 0 saturated heterocycles. The molecule has 0 amide bonds. The van der Waals surface area contributed by atoms with Gasteiger partial charge in [-0.25, -0.2) is 18.0 Å². The van der Waals surface area contributed by atoms with Crippen molar-refractivity contribution in [2.24, 2.45) is 0 Å². The lowest BCUT2D eigenvalue weighted by molar-refractivity contribution is 0.0726. The first-order valence-corrected chi connectivity index (χ1v) is 18.6. The minimum absolute atomic E-state index is 0.0756. The van der Waals surface area contributed by atoms with Gasteiger partial charge in [0.25, 0.3) is 0 Å². The van der Waals surface area contributed by atoms with Crippen LogP contribution in [0, 0.1) is 45.3 Å². The van der Waals surface area contributed by atoms with Crippen LogP contribution in [-0.4, -0.2) is 20.4 Å². The number of rotatable bonds is 6. The Hall–Kier alpha value is -8.35. The first-order valence-electron chi connectivity index (χ1n) is 17.1. The number of hydrogen-bond donors (Lipinski definition) is 0. The van der Waals surface area contributed by atoms with Crippen LogP contribution in [0.2, 0.25) is 0 Å². The summed E-state index contributed by atoms with van der Waals surface area (Å²) in [7, 11) is -4.05. The molecule has 6 aromatic rings. The molecule has 0 unspecified atom stereocenters. The summed E-state index contributed by atoms with van der Waals surface area (Å²) in [6.07, 6.45) is 0. The Kier molecular flexibility index (Phi) is 8.85. The molecule has 6 aromatic carbocycles. The molecule has 0 heterocycles. The Morgan fingerprint density at radius 1 is 0.421 bits per heavy atom. The number of benzene rings is 6. The lowest BCUT2D eigenvalue weighted by Crippen LogP contribution is -2.11. The van der Waals surface area contributed by atoms with Crippen molar-refractivity contribution >= 4 is 32.9 Å². The number of ether oxygens (including phenoxy) is 2. The van der Waals surface area contributed by atoms with Crippen molar-refractivity contribution in [1.82, 2.24) is 0 Å². The van der Waals surface area contributed by atoms with Gasteiger partial charge in [0.15, 0.2) is 0 Å². The lowest BCUT2D eigenvalue weighted by Gasteiger charge is -2.11. The summed E-state index contributed by atoms with van der Waals surface area (Å²) in [5.74, 6) is -1.25. The van der Waals surface area contributed by atoms with Crippen LogP contribution in [0.5, 0.6) is 11.5 Å². The summed E-state index contributed by atoms with van der Waals surface area (Å²) < 4.78 is 38.5. The van der Waals surface area contributed by atoms with Crippen molar-refractivity contribution in [2.45, 2.75) is 9.79 Å². The Morgan fingerprint density at radius 3 is 1.11 bits per heavy atom. The van der Waals surface area contributed by atoms with Crippen LogP contribution < -0.4 is 9.47 Å². The molecule has 57 heavy (non-hydrogen) atoms. The van der Waals surface area contributed by atoms with E-state index in [1.807, 2.05) is 24.3 Å². The molecule has 0 radical (unpaired) electrons. The molecule has 11 heteroatoms. The molecule has 0 aliphatic heterocycles. The summed E-state index contributed by atoms with van der Waals surface area (Å²) in [5.41, 5.74) is 5.93. The van der Waals surface area contributed by atoms with E-state index in [9.17, 15) is 39.1 Å². The molecule has 0 fully saturated rings. The van der Waals surface area contributed by atoms with E-state index in [-0.39, 0.29) is 43.6 Å². The van der Waals surface area contributed by atoms with E-state index in [1.54, 1.807) is 84.9 Å². The van der Waals surface area contributed by atoms with E-state index in [2.05, 4.69) is 0 Å². The van der Waals surface area contributed by atoms with E-state index >= 15 is 0 Å². The van der Waals surface area contributed by atoms with Crippen LogP contribution in [0.15, 0.2) is 154 Å². The van der Waals surface area contributed by atoms with Gasteiger partial charge in [0.05, 0.1) is 20.9 Å². The summed E-state index contributed by atoms with van der Waals surface area (Å²) in [4.78, 5) is 26.9. The van der Waals surface area contributed by atoms with Gasteiger partial charge in [0.2, 0.25) is 9.84 Å². The van der Waals surface area contributed by atoms with Crippen LogP contribution >= 0.6 is 0 Å². The smallest absolute Gasteiger partial charge is 0.344 e. The van der Waals surface area contributed by atoms with Gasteiger partial charge in [-0.3, -0.25) is 0 Å². The molecule has 2 aliphatic carbocycles. The summed E-state index contributed by atoms with van der Waals surface area (Å²) >= 11 is 0. The van der Waals surface area contributed by atoms with Gasteiger partial charge in [-0.1, -0.05) is 72.8 Å². The monoisotopic (exact) mass is 758 g/mol. The predicted octanol–water partition coefficient (Wildman–Crippen LogP) is 8.62. The van der Waals surface area contributed by atoms with Gasteiger partial charge in [-0.05, 0) is 94.0 Å². The zero-order valence-electron chi connectivity index (χ0n) is 29.3. The standard InChI is InChI=1S/C46H22N4O6S/c47-23-27(24-48)41-33-7-1-3-9-35(33)43-37(41)11-5-13-39(43)45(51)55-29-15-19-31(20-16-29)57(53,54)32-21-17-30(18-22-32)56-46(52)40-14-6-12-38-42(28(25-49)26-50)34-8-2-4-10-36(34)44(38)40/h1-22H. The highest BCUT2D eigenvalue weighted by atomic mass is 32.2. The largest absolute Gasteiger partial charge is 0.423 e. The van der Waals surface area contributed by atoms with Gasteiger partial charge < -0.3 is 9.47 Å². The van der Waals surface area contributed by atoms with Crippen molar-refractivity contribution in [1.29, 1.82) is 21.0 Å². The third kappa shape index (κ3) is 5.91. The average Bonchev–Trinajstić information content (AvgIpc) is 3.76. The average molecular weight is 759 g/mol. The van der Waals surface area contributed by atoms with E-state index in [0.717, 1.165) is 0 Å². The quantitative estimate of drug-likeness (QED) is 0.0904. The first kappa shape index (κ1) is 35.7. The van der Waals surface area contributed by atoms with Crippen LogP contribution in [-0.2, 0) is 9.84 Å². The fourth-order valence-corrected chi connectivity index (χ4v) is 8.48. The van der Waals surface area contributed by atoms with Crippen molar-refractivity contribution in [3.8, 4) is 58.0 Å². The molecule has 0 aromatic heterocycles. The summed E-state index contributed by atoms with van der Waals surface area (Å²) in [6.45, 7) is 0. The first-order chi connectivity index (χ1) is 27.7. The van der Waals surface area contributed by atoms with E-state index in [0.29, 0.717) is 55.7 Å². The third-order valence-electron chi connectivity index (χ3n) is 9.68. The third-order valence-corrected chi connectivity index (χ3v) is 11.5. The highest BCUT2D eigenvalue weighted by Gasteiger charge is 2.32. The second-order valence-electron chi connectivity index (χ2n) is 12.7. The minimum Gasteiger partial charge on any atom is -0.423 e. The number of fused-ring (bicyclic) bond motifs is 6. The number of nitriles is 4. The maximum atomic E-state index is 13.6. The fraction of sp³-hybridized carbons (Fsp3) is 0. The van der Waals surface area contributed by atoms with Crippen molar-refractivity contribution < 1.29 is 27.5 Å². The molecule has 2 aliphatic rings. The number of carbonyl (C=O) groups excluding carboxylic acids is 2. The van der Waals surface area contributed by atoms with Crippen molar-refractivity contribution in [3.05, 3.63) is 178 Å². The van der Waals surface area contributed by atoms with Crippen LogP contribution in [0.3, 0.4) is 0 Å². The molecule has 0 N–H and O–H groups in total. The highest BCUT2D eigenvalue weighted by molar-refractivity contribution is 7.91. The van der Waals surface area contributed by atoms with E-state index in [4.69, 9.17) is 9.47 Å². The SMILES string of the molecule is N#CC(C#N)=C1c2ccccc2-c2c(C(=O)Oc3ccc(S(=O)(=O)c4ccc(OC(=O)c5cccc6c5-c5ccccc5C6=C(C#N)C#N)cc4)cc3)cccc21. The molecule has 0 bridgehead atoms. The summed E-state index contributed by atoms with van der Waals surface area (Å²) in [6, 6.07) is 42.7. The molecule has 10 nitrogen and oxygen atoms in total. The van der Waals surface area contributed by atoms with Gasteiger partial charge in [-0.2, -0.15) is 21.0 Å². The zero-order valence-corrected chi connectivity index (χ0v) is 30.2. The minimum atomic E-state index is -4.05. The lowest BCUT2D eigenvalue weighted by atomic mass is 9.97. The normalized spacial score (nSPS) is 11.6. The number of hydrogen-bond acceptors (Lipinski definition) is 10. The Bertz CT molecular complexity index is 2860. The number of nitrogens with zero attached hydrogens (tertiary/aromatic N) is 4. The fourth-order valence-electron chi connectivity index (χ4n) is 7.22. The van der Waals surface area contributed by atoms with Gasteiger partial charge in [0.1, 0.15) is 46.9 Å². The molecule has 0 atom stereocenters. The molecule has 0 saturated carbocycles. The highest BCUT2D eigenvalue weighted by Crippen LogP contribution is 2.48. The predicted molar refractivity (Wildman–Crippen MR) is 207 cm³/mol. The second-order valence-corrected chi connectivity index (χ2v) is 14.7. The maximum Gasteiger partial charge on any atom is 0.344 e. The number of carbonyl (C=O) groups is 2. The molecule has 268 valence electrons. The second kappa shape index (κ2) is 14.1. The number of esters is 2. The van der Waals surface area contributed by atoms with Crippen LogP contribution in [0.25, 0.3) is 33.4 Å². The van der Waals surface area contributed by atoms with Crippen LogP contribution in [0.4, 0.5) is 0 Å². The molecule has 0 spiro atoms. The number of allylic oxidation sites excluding steroid dienone is 2. The molecular weight excluding hydrogens is 737 g/mol. The Labute approximate surface area is 326 Å². The number of sulfone groups is 1. The van der Waals surface area contributed by atoms with Gasteiger partial charge >= 0.3 is 11.9 Å².